The van der Waals surface area contributed by atoms with Crippen LogP contribution in [0.4, 0.5) is 18.0 Å². The SMILES string of the molecule is CCn1cc(C(=O)N2CC(NC(=O)OC(C)(C)C)CCC2C(F)(F)F)cn1. The number of ether oxygens (including phenoxy) is 1. The summed E-state index contributed by atoms with van der Waals surface area (Å²) in [6, 6.07) is -2.52. The number of rotatable bonds is 3. The fourth-order valence-electron chi connectivity index (χ4n) is 2.94. The van der Waals surface area contributed by atoms with E-state index in [1.165, 1.54) is 17.1 Å². The van der Waals surface area contributed by atoms with Gasteiger partial charge in [-0.3, -0.25) is 9.48 Å². The first-order valence-electron chi connectivity index (χ1n) is 8.80. The number of piperidine rings is 1. The molecule has 1 N–H and O–H groups in total. The number of carbonyl (C=O) groups excluding carboxylic acids is 2. The number of amides is 2. The van der Waals surface area contributed by atoms with E-state index in [9.17, 15) is 22.8 Å². The van der Waals surface area contributed by atoms with E-state index in [1.54, 1.807) is 27.7 Å². The number of alkyl halides is 3. The molecule has 152 valence electrons. The number of hydrogen-bond donors (Lipinski definition) is 1. The van der Waals surface area contributed by atoms with Gasteiger partial charge >= 0.3 is 12.3 Å². The van der Waals surface area contributed by atoms with Crippen LogP contribution in [0.5, 0.6) is 0 Å². The molecule has 2 heterocycles. The molecule has 1 fully saturated rings. The molecule has 2 rings (SSSR count). The Morgan fingerprint density at radius 3 is 2.48 bits per heavy atom. The highest BCUT2D eigenvalue weighted by molar-refractivity contribution is 5.94. The maximum absolute atomic E-state index is 13.4. The standard InChI is InChI=1S/C17H25F3N4O3/c1-5-23-9-11(8-21-23)14(25)24-10-12(6-7-13(24)17(18,19)20)22-15(26)27-16(2,3)4/h8-9,12-13H,5-7,10H2,1-4H3,(H,22,26). The highest BCUT2D eigenvalue weighted by atomic mass is 19.4. The van der Waals surface area contributed by atoms with Crippen molar-refractivity contribution in [1.29, 1.82) is 0 Å². The number of hydrogen-bond acceptors (Lipinski definition) is 4. The van der Waals surface area contributed by atoms with E-state index in [2.05, 4.69) is 10.4 Å². The van der Waals surface area contributed by atoms with Crippen molar-refractivity contribution in [2.24, 2.45) is 0 Å². The van der Waals surface area contributed by atoms with Crippen LogP contribution in [-0.2, 0) is 11.3 Å². The third-order valence-corrected chi connectivity index (χ3v) is 4.15. The second-order valence-electron chi connectivity index (χ2n) is 7.52. The first-order valence-corrected chi connectivity index (χ1v) is 8.80. The van der Waals surface area contributed by atoms with Crippen molar-refractivity contribution in [3.05, 3.63) is 18.0 Å². The lowest BCUT2D eigenvalue weighted by Gasteiger charge is -2.40. The normalized spacial score (nSPS) is 21.1. The molecular formula is C17H25F3N4O3. The Labute approximate surface area is 155 Å². The van der Waals surface area contributed by atoms with E-state index in [0.717, 1.165) is 4.90 Å². The van der Waals surface area contributed by atoms with Crippen molar-refractivity contribution >= 4 is 12.0 Å². The van der Waals surface area contributed by atoms with Crippen molar-refractivity contribution in [1.82, 2.24) is 20.0 Å². The van der Waals surface area contributed by atoms with E-state index in [-0.39, 0.29) is 24.9 Å². The van der Waals surface area contributed by atoms with Crippen molar-refractivity contribution < 1.29 is 27.5 Å². The molecule has 1 saturated heterocycles. The van der Waals surface area contributed by atoms with Crippen LogP contribution < -0.4 is 5.32 Å². The Hall–Kier alpha value is -2.26. The molecule has 2 unspecified atom stereocenters. The van der Waals surface area contributed by atoms with E-state index >= 15 is 0 Å². The summed E-state index contributed by atoms with van der Waals surface area (Å²) in [5.74, 6) is -0.757. The van der Waals surface area contributed by atoms with Gasteiger partial charge in [-0.2, -0.15) is 18.3 Å². The predicted octanol–water partition coefficient (Wildman–Crippen LogP) is 2.96. The number of nitrogens with one attached hydrogen (secondary N) is 1. The average molecular weight is 390 g/mol. The predicted molar refractivity (Wildman–Crippen MR) is 91.2 cm³/mol. The monoisotopic (exact) mass is 390 g/mol. The molecule has 0 spiro atoms. The Morgan fingerprint density at radius 1 is 1.30 bits per heavy atom. The molecule has 1 aliphatic heterocycles. The molecule has 7 nitrogen and oxygen atoms in total. The summed E-state index contributed by atoms with van der Waals surface area (Å²) in [6.07, 6.45) is -2.79. The lowest BCUT2D eigenvalue weighted by Crippen LogP contribution is -2.58. The van der Waals surface area contributed by atoms with Crippen LogP contribution in [0.3, 0.4) is 0 Å². The molecule has 0 saturated carbocycles. The van der Waals surface area contributed by atoms with E-state index in [4.69, 9.17) is 4.74 Å². The summed E-state index contributed by atoms with van der Waals surface area (Å²) in [5, 5.41) is 6.50. The molecule has 0 aromatic carbocycles. The number of carbonyl (C=O) groups is 2. The van der Waals surface area contributed by atoms with Gasteiger partial charge in [0.15, 0.2) is 0 Å². The molecule has 0 radical (unpaired) electrons. The zero-order valence-corrected chi connectivity index (χ0v) is 15.8. The van der Waals surface area contributed by atoms with Gasteiger partial charge in [0.2, 0.25) is 0 Å². The first kappa shape index (κ1) is 21.0. The quantitative estimate of drug-likeness (QED) is 0.861. The lowest BCUT2D eigenvalue weighted by atomic mass is 9.97. The minimum atomic E-state index is -4.55. The van der Waals surface area contributed by atoms with Crippen molar-refractivity contribution in [3.63, 3.8) is 0 Å². The maximum Gasteiger partial charge on any atom is 0.408 e. The number of halogens is 3. The number of alkyl carbamates (subject to hydrolysis) is 1. The topological polar surface area (TPSA) is 76.5 Å². The lowest BCUT2D eigenvalue weighted by molar-refractivity contribution is -0.184. The van der Waals surface area contributed by atoms with Crippen LogP contribution >= 0.6 is 0 Å². The summed E-state index contributed by atoms with van der Waals surface area (Å²) in [5.41, 5.74) is -0.638. The molecule has 1 aromatic rings. The van der Waals surface area contributed by atoms with Crippen LogP contribution in [-0.4, -0.2) is 57.1 Å². The second-order valence-corrected chi connectivity index (χ2v) is 7.52. The Bertz CT molecular complexity index is 682. The van der Waals surface area contributed by atoms with Crippen molar-refractivity contribution in [2.75, 3.05) is 6.54 Å². The minimum absolute atomic E-state index is 0.0871. The van der Waals surface area contributed by atoms with Crippen LogP contribution in [0.15, 0.2) is 12.4 Å². The Balaban J connectivity index is 2.15. The average Bonchev–Trinajstić information content (AvgIpc) is 3.00. The molecular weight excluding hydrogens is 365 g/mol. The van der Waals surface area contributed by atoms with Crippen LogP contribution in [0.25, 0.3) is 0 Å². The molecule has 27 heavy (non-hydrogen) atoms. The highest BCUT2D eigenvalue weighted by Gasteiger charge is 2.48. The summed E-state index contributed by atoms with van der Waals surface area (Å²) in [7, 11) is 0. The summed E-state index contributed by atoms with van der Waals surface area (Å²) in [6.45, 7) is 7.12. The molecule has 1 aromatic heterocycles. The minimum Gasteiger partial charge on any atom is -0.444 e. The van der Waals surface area contributed by atoms with E-state index < -0.39 is 35.9 Å². The van der Waals surface area contributed by atoms with Gasteiger partial charge in [-0.05, 0) is 40.5 Å². The molecule has 0 aliphatic carbocycles. The third-order valence-electron chi connectivity index (χ3n) is 4.15. The van der Waals surface area contributed by atoms with Gasteiger partial charge in [0, 0.05) is 25.3 Å². The fourth-order valence-corrected chi connectivity index (χ4v) is 2.94. The largest absolute Gasteiger partial charge is 0.444 e. The molecule has 2 atom stereocenters. The van der Waals surface area contributed by atoms with E-state index in [0.29, 0.717) is 6.54 Å². The molecule has 1 aliphatic rings. The fraction of sp³-hybridized carbons (Fsp3) is 0.706. The van der Waals surface area contributed by atoms with E-state index in [1.807, 2.05) is 0 Å². The van der Waals surface area contributed by atoms with Gasteiger partial charge in [0.1, 0.15) is 11.6 Å². The van der Waals surface area contributed by atoms with Crippen LogP contribution in [0.2, 0.25) is 0 Å². The maximum atomic E-state index is 13.4. The third kappa shape index (κ3) is 5.61. The summed E-state index contributed by atoms with van der Waals surface area (Å²) in [4.78, 5) is 25.4. The van der Waals surface area contributed by atoms with Crippen LogP contribution in [0, 0.1) is 0 Å². The molecule has 0 bridgehead atoms. The summed E-state index contributed by atoms with van der Waals surface area (Å²) < 4.78 is 46.9. The van der Waals surface area contributed by atoms with Crippen molar-refractivity contribution in [3.8, 4) is 0 Å². The zero-order chi connectivity index (χ0) is 20.4. The van der Waals surface area contributed by atoms with Crippen molar-refractivity contribution in [2.45, 2.75) is 70.9 Å². The Kier molecular flexibility index (Phi) is 6.06. The van der Waals surface area contributed by atoms with Gasteiger partial charge < -0.3 is 15.0 Å². The van der Waals surface area contributed by atoms with Gasteiger partial charge in [0.25, 0.3) is 5.91 Å². The number of likely N-dealkylation sites (tertiary alicyclic amines) is 1. The smallest absolute Gasteiger partial charge is 0.408 e. The van der Waals surface area contributed by atoms with Gasteiger partial charge in [-0.15, -0.1) is 0 Å². The number of nitrogens with zero attached hydrogens (tertiary/aromatic N) is 3. The number of aryl methyl sites for hydroxylation is 1. The second kappa shape index (κ2) is 7.77. The molecule has 10 heteroatoms. The van der Waals surface area contributed by atoms with Gasteiger partial charge in [-0.25, -0.2) is 4.79 Å². The van der Waals surface area contributed by atoms with Crippen LogP contribution in [0.1, 0.15) is 50.9 Å². The van der Waals surface area contributed by atoms with Gasteiger partial charge in [-0.1, -0.05) is 0 Å². The molecule has 2 amide bonds. The first-order chi connectivity index (χ1) is 12.4. The highest BCUT2D eigenvalue weighted by Crippen LogP contribution is 2.33. The Morgan fingerprint density at radius 2 is 1.96 bits per heavy atom. The zero-order valence-electron chi connectivity index (χ0n) is 15.8. The number of aromatic nitrogens is 2. The summed E-state index contributed by atoms with van der Waals surface area (Å²) >= 11 is 0. The van der Waals surface area contributed by atoms with Gasteiger partial charge in [0.05, 0.1) is 11.8 Å².